The molecule has 1 atom stereocenters. The van der Waals surface area contributed by atoms with Gasteiger partial charge in [0, 0.05) is 25.6 Å². The minimum Gasteiger partial charge on any atom is -0.481 e. The van der Waals surface area contributed by atoms with Crippen LogP contribution >= 0.6 is 0 Å². The maximum Gasteiger partial charge on any atom is 0.311 e. The fourth-order valence-corrected chi connectivity index (χ4v) is 2.66. The summed E-state index contributed by atoms with van der Waals surface area (Å²) in [4.78, 5) is 36.5. The summed E-state index contributed by atoms with van der Waals surface area (Å²) in [6.45, 7) is 0.685. The lowest BCUT2D eigenvalue weighted by Gasteiger charge is -2.16. The fourth-order valence-electron chi connectivity index (χ4n) is 2.66. The third-order valence-electron chi connectivity index (χ3n) is 4.43. The van der Waals surface area contributed by atoms with Crippen LogP contribution in [0.3, 0.4) is 0 Å². The quantitative estimate of drug-likeness (QED) is 0.732. The van der Waals surface area contributed by atoms with E-state index in [2.05, 4.69) is 5.32 Å². The number of hydrogen-bond acceptors (Lipinski definition) is 3. The van der Waals surface area contributed by atoms with Crippen LogP contribution in [0.1, 0.15) is 32.1 Å². The van der Waals surface area contributed by atoms with Gasteiger partial charge in [-0.2, -0.15) is 0 Å². The largest absolute Gasteiger partial charge is 0.481 e. The first kappa shape index (κ1) is 12.4. The molecule has 0 aromatic carbocycles. The van der Waals surface area contributed by atoms with Gasteiger partial charge in [-0.15, -0.1) is 0 Å². The van der Waals surface area contributed by atoms with Crippen LogP contribution in [-0.2, 0) is 14.4 Å². The highest BCUT2D eigenvalue weighted by molar-refractivity contribution is 5.90. The molecule has 19 heavy (non-hydrogen) atoms. The lowest BCUT2D eigenvalue weighted by Crippen LogP contribution is -2.38. The standard InChI is InChI=1S/C13H18N2O4/c16-10-5-8(6-15(10)9-1-2-9)11(17)14-7-13(3-4-13)12(18)19/h8-9H,1-7H2,(H,14,17)(H,18,19). The number of nitrogens with zero attached hydrogens (tertiary/aromatic N) is 1. The van der Waals surface area contributed by atoms with Crippen molar-refractivity contribution in [1.82, 2.24) is 10.2 Å². The van der Waals surface area contributed by atoms with Gasteiger partial charge in [-0.3, -0.25) is 14.4 Å². The third kappa shape index (κ3) is 2.31. The summed E-state index contributed by atoms with van der Waals surface area (Å²) >= 11 is 0. The molecule has 3 aliphatic rings. The van der Waals surface area contributed by atoms with Crippen LogP contribution in [0, 0.1) is 11.3 Å². The third-order valence-corrected chi connectivity index (χ3v) is 4.43. The number of aliphatic carboxylic acids is 1. The summed E-state index contributed by atoms with van der Waals surface area (Å²) in [5.41, 5.74) is -0.742. The number of amides is 2. The van der Waals surface area contributed by atoms with E-state index in [1.54, 1.807) is 4.90 Å². The normalized spacial score (nSPS) is 28.3. The van der Waals surface area contributed by atoms with E-state index >= 15 is 0 Å². The summed E-state index contributed by atoms with van der Waals surface area (Å²) in [5.74, 6) is -1.27. The van der Waals surface area contributed by atoms with Gasteiger partial charge in [0.1, 0.15) is 0 Å². The molecule has 0 aromatic heterocycles. The van der Waals surface area contributed by atoms with Crippen LogP contribution in [0.5, 0.6) is 0 Å². The summed E-state index contributed by atoms with van der Waals surface area (Å²) in [6, 6.07) is 0.346. The van der Waals surface area contributed by atoms with Gasteiger partial charge >= 0.3 is 5.97 Å². The Morgan fingerprint density at radius 2 is 2.05 bits per heavy atom. The van der Waals surface area contributed by atoms with E-state index in [0.717, 1.165) is 12.8 Å². The van der Waals surface area contributed by atoms with Gasteiger partial charge in [0.15, 0.2) is 0 Å². The summed E-state index contributed by atoms with van der Waals surface area (Å²) in [5, 5.41) is 11.7. The van der Waals surface area contributed by atoms with E-state index in [1.807, 2.05) is 0 Å². The van der Waals surface area contributed by atoms with Crippen molar-refractivity contribution in [2.24, 2.45) is 11.3 Å². The zero-order valence-electron chi connectivity index (χ0n) is 10.7. The van der Waals surface area contributed by atoms with Gasteiger partial charge in [-0.1, -0.05) is 0 Å². The molecule has 6 nitrogen and oxygen atoms in total. The van der Waals surface area contributed by atoms with Crippen molar-refractivity contribution in [2.45, 2.75) is 38.1 Å². The first-order valence-corrected chi connectivity index (χ1v) is 6.82. The zero-order valence-corrected chi connectivity index (χ0v) is 10.7. The topological polar surface area (TPSA) is 86.7 Å². The average Bonchev–Trinajstić information content (AvgIpc) is 3.26. The second-order valence-electron chi connectivity index (χ2n) is 5.98. The number of nitrogens with one attached hydrogen (secondary N) is 1. The van der Waals surface area contributed by atoms with Crippen molar-refractivity contribution in [3.8, 4) is 0 Å². The summed E-state index contributed by atoms with van der Waals surface area (Å²) in [7, 11) is 0. The smallest absolute Gasteiger partial charge is 0.311 e. The van der Waals surface area contributed by atoms with Crippen LogP contribution < -0.4 is 5.32 Å². The second-order valence-corrected chi connectivity index (χ2v) is 5.98. The van der Waals surface area contributed by atoms with Crippen molar-refractivity contribution in [2.75, 3.05) is 13.1 Å². The molecular formula is C13H18N2O4. The minimum absolute atomic E-state index is 0.0574. The maximum atomic E-state index is 12.0. The summed E-state index contributed by atoms with van der Waals surface area (Å²) < 4.78 is 0. The lowest BCUT2D eigenvalue weighted by molar-refractivity contribution is -0.143. The van der Waals surface area contributed by atoms with Crippen LogP contribution in [0.2, 0.25) is 0 Å². The monoisotopic (exact) mass is 266 g/mol. The molecule has 104 valence electrons. The van der Waals surface area contributed by atoms with Crippen LogP contribution in [0.25, 0.3) is 0 Å². The molecule has 1 heterocycles. The van der Waals surface area contributed by atoms with Crippen LogP contribution in [0.15, 0.2) is 0 Å². The number of rotatable bonds is 5. The molecule has 0 spiro atoms. The highest BCUT2D eigenvalue weighted by atomic mass is 16.4. The van der Waals surface area contributed by atoms with Crippen molar-refractivity contribution in [1.29, 1.82) is 0 Å². The van der Waals surface area contributed by atoms with Crippen molar-refractivity contribution < 1.29 is 19.5 Å². The Bertz CT molecular complexity index is 440. The Morgan fingerprint density at radius 3 is 2.58 bits per heavy atom. The van der Waals surface area contributed by atoms with E-state index in [-0.39, 0.29) is 30.7 Å². The Morgan fingerprint density at radius 1 is 1.37 bits per heavy atom. The molecule has 0 bridgehead atoms. The average molecular weight is 266 g/mol. The number of likely N-dealkylation sites (tertiary alicyclic amines) is 1. The van der Waals surface area contributed by atoms with Gasteiger partial charge in [0.25, 0.3) is 0 Å². The van der Waals surface area contributed by atoms with E-state index < -0.39 is 11.4 Å². The lowest BCUT2D eigenvalue weighted by atomic mass is 10.1. The van der Waals surface area contributed by atoms with Gasteiger partial charge < -0.3 is 15.3 Å². The number of carboxylic acids is 1. The zero-order chi connectivity index (χ0) is 13.6. The maximum absolute atomic E-state index is 12.0. The molecule has 1 unspecified atom stereocenters. The van der Waals surface area contributed by atoms with E-state index in [1.165, 1.54) is 0 Å². The predicted molar refractivity (Wildman–Crippen MR) is 65.2 cm³/mol. The van der Waals surface area contributed by atoms with E-state index in [0.29, 0.717) is 25.4 Å². The van der Waals surface area contributed by atoms with Gasteiger partial charge in [0.2, 0.25) is 11.8 Å². The predicted octanol–water partition coefficient (Wildman–Crippen LogP) is -0.0217. The molecule has 0 aromatic rings. The SMILES string of the molecule is O=C(NCC1(C(=O)O)CC1)C1CC(=O)N(C2CC2)C1. The molecule has 0 radical (unpaired) electrons. The highest BCUT2D eigenvalue weighted by Gasteiger charge is 2.51. The Labute approximate surface area is 111 Å². The van der Waals surface area contributed by atoms with Crippen LogP contribution in [0.4, 0.5) is 0 Å². The van der Waals surface area contributed by atoms with Crippen molar-refractivity contribution in [3.63, 3.8) is 0 Å². The number of carbonyl (C=O) groups excluding carboxylic acids is 2. The number of hydrogen-bond donors (Lipinski definition) is 2. The molecule has 2 N–H and O–H groups in total. The molecule has 2 saturated carbocycles. The first-order chi connectivity index (χ1) is 9.02. The van der Waals surface area contributed by atoms with Crippen LogP contribution in [-0.4, -0.2) is 46.9 Å². The molecule has 1 aliphatic heterocycles. The van der Waals surface area contributed by atoms with Gasteiger partial charge in [-0.05, 0) is 25.7 Å². The van der Waals surface area contributed by atoms with Gasteiger partial charge in [0.05, 0.1) is 11.3 Å². The molecule has 3 fully saturated rings. The molecule has 6 heteroatoms. The Balaban J connectivity index is 1.51. The Hall–Kier alpha value is -1.59. The van der Waals surface area contributed by atoms with Crippen molar-refractivity contribution in [3.05, 3.63) is 0 Å². The van der Waals surface area contributed by atoms with E-state index in [9.17, 15) is 14.4 Å². The van der Waals surface area contributed by atoms with Gasteiger partial charge in [-0.25, -0.2) is 0 Å². The Kier molecular flexibility index (Phi) is 2.76. The highest BCUT2D eigenvalue weighted by Crippen LogP contribution is 2.45. The number of carboxylic acid groups (broad SMARTS) is 1. The van der Waals surface area contributed by atoms with Crippen molar-refractivity contribution >= 4 is 17.8 Å². The number of carbonyl (C=O) groups is 3. The molecule has 3 rings (SSSR count). The molecule has 2 aliphatic carbocycles. The van der Waals surface area contributed by atoms with E-state index in [4.69, 9.17) is 5.11 Å². The fraction of sp³-hybridized carbons (Fsp3) is 0.769. The molecule has 1 saturated heterocycles. The molecule has 2 amide bonds. The molecular weight excluding hydrogens is 248 g/mol. The first-order valence-electron chi connectivity index (χ1n) is 6.82. The second kappa shape index (κ2) is 4.21. The summed E-state index contributed by atoms with van der Waals surface area (Å²) in [6.07, 6.45) is 3.60. The minimum atomic E-state index is -0.838.